The van der Waals surface area contributed by atoms with Crippen LogP contribution in [0.25, 0.3) is 17.3 Å². The largest absolute Gasteiger partial charge is 0.367 e. The van der Waals surface area contributed by atoms with E-state index in [1.54, 1.807) is 18.5 Å². The SMILES string of the molecule is CCN(CC)CCNc1cncc(-c2cccc(/C=C3\SC(=O)NC3=O)c2)n1. The number of hydrogen-bond donors (Lipinski definition) is 2. The van der Waals surface area contributed by atoms with Gasteiger partial charge in [0.2, 0.25) is 0 Å². The topological polar surface area (TPSA) is 87.2 Å². The number of carbonyl (C=O) groups excluding carboxylic acids is 2. The second-order valence-corrected chi connectivity index (χ2v) is 7.24. The van der Waals surface area contributed by atoms with Gasteiger partial charge in [0.05, 0.1) is 23.0 Å². The van der Waals surface area contributed by atoms with E-state index in [1.807, 2.05) is 24.3 Å². The number of likely N-dealkylation sites (N-methyl/N-ethyl adjacent to an activating group) is 1. The second kappa shape index (κ2) is 9.48. The standard InChI is InChI=1S/C20H23N5O2S/c1-3-25(4-2)9-8-22-18-13-21-12-16(23-18)15-7-5-6-14(10-15)11-17-19(26)24-20(27)28-17/h5-7,10-13H,3-4,8-9H2,1-2H3,(H,22,23)(H,24,26,27)/b17-11-. The Balaban J connectivity index is 1.73. The number of nitrogens with one attached hydrogen (secondary N) is 2. The maximum Gasteiger partial charge on any atom is 0.290 e. The fraction of sp³-hybridized carbons (Fsp3) is 0.300. The molecule has 2 heterocycles. The zero-order valence-electron chi connectivity index (χ0n) is 15.9. The number of hydrogen-bond acceptors (Lipinski definition) is 7. The monoisotopic (exact) mass is 397 g/mol. The highest BCUT2D eigenvalue weighted by atomic mass is 32.2. The van der Waals surface area contributed by atoms with Gasteiger partial charge in [0.1, 0.15) is 5.82 Å². The fourth-order valence-corrected chi connectivity index (χ4v) is 3.51. The summed E-state index contributed by atoms with van der Waals surface area (Å²) >= 11 is 0.907. The van der Waals surface area contributed by atoms with Crippen molar-refractivity contribution in [1.29, 1.82) is 0 Å². The van der Waals surface area contributed by atoms with Gasteiger partial charge in [-0.1, -0.05) is 32.0 Å². The van der Waals surface area contributed by atoms with E-state index in [1.165, 1.54) is 0 Å². The molecule has 0 radical (unpaired) electrons. The molecule has 8 heteroatoms. The van der Waals surface area contributed by atoms with Gasteiger partial charge < -0.3 is 10.2 Å². The highest BCUT2D eigenvalue weighted by molar-refractivity contribution is 8.18. The summed E-state index contributed by atoms with van der Waals surface area (Å²) in [5, 5.41) is 5.23. The van der Waals surface area contributed by atoms with Crippen molar-refractivity contribution >= 4 is 34.8 Å². The van der Waals surface area contributed by atoms with E-state index < -0.39 is 0 Å². The minimum Gasteiger partial charge on any atom is -0.367 e. The molecule has 0 spiro atoms. The van der Waals surface area contributed by atoms with Crippen LogP contribution < -0.4 is 10.6 Å². The molecule has 0 unspecified atom stereocenters. The highest BCUT2D eigenvalue weighted by Crippen LogP contribution is 2.27. The van der Waals surface area contributed by atoms with Crippen LogP contribution in [0.3, 0.4) is 0 Å². The van der Waals surface area contributed by atoms with Crippen LogP contribution in [0, 0.1) is 0 Å². The smallest absolute Gasteiger partial charge is 0.290 e. The molecular weight excluding hydrogens is 374 g/mol. The van der Waals surface area contributed by atoms with Crippen LogP contribution in [0.15, 0.2) is 41.6 Å². The lowest BCUT2D eigenvalue weighted by Crippen LogP contribution is -2.28. The first kappa shape index (κ1) is 20.0. The Kier molecular flexibility index (Phi) is 6.78. The zero-order chi connectivity index (χ0) is 19.9. The van der Waals surface area contributed by atoms with Crippen molar-refractivity contribution in [2.45, 2.75) is 13.8 Å². The lowest BCUT2D eigenvalue weighted by Gasteiger charge is -2.18. The summed E-state index contributed by atoms with van der Waals surface area (Å²) < 4.78 is 0. The number of thioether (sulfide) groups is 1. The number of benzene rings is 1. The minimum atomic E-state index is -0.361. The lowest BCUT2D eigenvalue weighted by atomic mass is 10.1. The molecule has 146 valence electrons. The van der Waals surface area contributed by atoms with Gasteiger partial charge in [0.25, 0.3) is 11.1 Å². The first-order valence-electron chi connectivity index (χ1n) is 9.22. The third-order valence-corrected chi connectivity index (χ3v) is 5.20. The van der Waals surface area contributed by atoms with Gasteiger partial charge in [-0.05, 0) is 42.6 Å². The highest BCUT2D eigenvalue weighted by Gasteiger charge is 2.24. The molecular formula is C20H23N5O2S. The van der Waals surface area contributed by atoms with Gasteiger partial charge in [-0.3, -0.25) is 19.9 Å². The van der Waals surface area contributed by atoms with Crippen LogP contribution in [-0.4, -0.2) is 52.2 Å². The van der Waals surface area contributed by atoms with Crippen molar-refractivity contribution in [1.82, 2.24) is 20.2 Å². The van der Waals surface area contributed by atoms with Crippen LogP contribution in [0.2, 0.25) is 0 Å². The molecule has 2 aromatic rings. The first-order chi connectivity index (χ1) is 13.6. The van der Waals surface area contributed by atoms with Crippen LogP contribution >= 0.6 is 11.8 Å². The number of aromatic nitrogens is 2. The van der Waals surface area contributed by atoms with Gasteiger partial charge in [-0.25, -0.2) is 4.98 Å². The van der Waals surface area contributed by atoms with Crippen molar-refractivity contribution in [2.75, 3.05) is 31.5 Å². The molecule has 2 amide bonds. The number of anilines is 1. The van der Waals surface area contributed by atoms with Crippen molar-refractivity contribution < 1.29 is 9.59 Å². The molecule has 28 heavy (non-hydrogen) atoms. The van der Waals surface area contributed by atoms with Crippen molar-refractivity contribution in [3.05, 3.63) is 47.1 Å². The maximum atomic E-state index is 11.7. The van der Waals surface area contributed by atoms with Crippen LogP contribution in [0.4, 0.5) is 10.6 Å². The number of rotatable bonds is 8. The second-order valence-electron chi connectivity index (χ2n) is 6.22. The molecule has 0 bridgehead atoms. The number of amides is 2. The first-order valence-corrected chi connectivity index (χ1v) is 10.0. The Morgan fingerprint density at radius 3 is 2.75 bits per heavy atom. The Morgan fingerprint density at radius 2 is 2.04 bits per heavy atom. The molecule has 1 saturated heterocycles. The van der Waals surface area contributed by atoms with E-state index in [0.29, 0.717) is 4.91 Å². The van der Waals surface area contributed by atoms with Gasteiger partial charge in [-0.15, -0.1) is 0 Å². The molecule has 1 aliphatic heterocycles. The summed E-state index contributed by atoms with van der Waals surface area (Å²) in [7, 11) is 0. The Bertz CT molecular complexity index is 896. The van der Waals surface area contributed by atoms with E-state index >= 15 is 0 Å². The predicted octanol–water partition coefficient (Wildman–Crippen LogP) is 3.22. The van der Waals surface area contributed by atoms with Gasteiger partial charge in [0, 0.05) is 18.7 Å². The van der Waals surface area contributed by atoms with Crippen molar-refractivity contribution in [3.63, 3.8) is 0 Å². The molecule has 0 atom stereocenters. The molecule has 0 aliphatic carbocycles. The number of imide groups is 1. The van der Waals surface area contributed by atoms with Gasteiger partial charge >= 0.3 is 0 Å². The molecule has 1 aromatic carbocycles. The van der Waals surface area contributed by atoms with E-state index in [9.17, 15) is 9.59 Å². The van der Waals surface area contributed by atoms with E-state index in [2.05, 4.69) is 39.3 Å². The average Bonchev–Trinajstić information content (AvgIpc) is 3.02. The van der Waals surface area contributed by atoms with Crippen LogP contribution in [0.1, 0.15) is 19.4 Å². The third-order valence-electron chi connectivity index (χ3n) is 4.39. The molecule has 3 rings (SSSR count). The Hall–Kier alpha value is -2.71. The summed E-state index contributed by atoms with van der Waals surface area (Å²) in [6.07, 6.45) is 5.12. The summed E-state index contributed by atoms with van der Waals surface area (Å²) in [6.45, 7) is 8.08. The van der Waals surface area contributed by atoms with E-state index in [0.717, 1.165) is 60.6 Å². The van der Waals surface area contributed by atoms with Crippen molar-refractivity contribution in [3.8, 4) is 11.3 Å². The Morgan fingerprint density at radius 1 is 1.21 bits per heavy atom. The van der Waals surface area contributed by atoms with Crippen molar-refractivity contribution in [2.24, 2.45) is 0 Å². The molecule has 7 nitrogen and oxygen atoms in total. The maximum absolute atomic E-state index is 11.7. The van der Waals surface area contributed by atoms with E-state index in [-0.39, 0.29) is 11.1 Å². The fourth-order valence-electron chi connectivity index (χ4n) is 2.83. The van der Waals surface area contributed by atoms with Gasteiger partial charge in [-0.2, -0.15) is 0 Å². The summed E-state index contributed by atoms with van der Waals surface area (Å²) in [4.78, 5) is 34.7. The normalized spacial score (nSPS) is 15.3. The Labute approximate surface area is 168 Å². The number of nitrogens with zero attached hydrogens (tertiary/aromatic N) is 3. The average molecular weight is 398 g/mol. The summed E-state index contributed by atoms with van der Waals surface area (Å²) in [6, 6.07) is 7.64. The molecule has 1 fully saturated rings. The molecule has 0 saturated carbocycles. The molecule has 2 N–H and O–H groups in total. The summed E-state index contributed by atoms with van der Waals surface area (Å²) in [5.41, 5.74) is 2.46. The summed E-state index contributed by atoms with van der Waals surface area (Å²) in [5.74, 6) is 0.365. The number of carbonyl (C=O) groups is 2. The zero-order valence-corrected chi connectivity index (χ0v) is 16.8. The third kappa shape index (κ3) is 5.17. The quantitative estimate of drug-likeness (QED) is 0.661. The minimum absolute atomic E-state index is 0.346. The predicted molar refractivity (Wildman–Crippen MR) is 113 cm³/mol. The van der Waals surface area contributed by atoms with E-state index in [4.69, 9.17) is 0 Å². The van der Waals surface area contributed by atoms with Crippen LogP contribution in [0.5, 0.6) is 0 Å². The molecule has 1 aromatic heterocycles. The lowest BCUT2D eigenvalue weighted by molar-refractivity contribution is -0.115. The van der Waals surface area contributed by atoms with Crippen LogP contribution in [-0.2, 0) is 4.79 Å². The van der Waals surface area contributed by atoms with Gasteiger partial charge in [0.15, 0.2) is 0 Å². The molecule has 1 aliphatic rings.